The molecule has 5 heteroatoms. The third kappa shape index (κ3) is 3.32. The first kappa shape index (κ1) is 14.0. The summed E-state index contributed by atoms with van der Waals surface area (Å²) in [7, 11) is 0. The molecule has 0 aliphatic heterocycles. The maximum atomic E-state index is 13.4. The zero-order valence-electron chi connectivity index (χ0n) is 11.1. The fourth-order valence-corrected chi connectivity index (χ4v) is 1.74. The van der Waals surface area contributed by atoms with Gasteiger partial charge in [-0.2, -0.15) is 0 Å². The quantitative estimate of drug-likeness (QED) is 0.847. The van der Waals surface area contributed by atoms with Gasteiger partial charge in [-0.15, -0.1) is 0 Å². The first-order valence-corrected chi connectivity index (χ1v) is 6.06. The van der Waals surface area contributed by atoms with E-state index in [1.54, 1.807) is 0 Å². The Balaban J connectivity index is 2.11. The Bertz CT molecular complexity index is 656. The van der Waals surface area contributed by atoms with Gasteiger partial charge in [0, 0.05) is 11.8 Å². The molecule has 0 radical (unpaired) electrons. The van der Waals surface area contributed by atoms with Crippen LogP contribution in [0, 0.1) is 25.5 Å². The van der Waals surface area contributed by atoms with E-state index in [-0.39, 0.29) is 5.69 Å². The molecule has 3 nitrogen and oxygen atoms in total. The summed E-state index contributed by atoms with van der Waals surface area (Å²) in [5, 5.41) is 4.97. The fraction of sp³-hybridized carbons (Fsp3) is 0.133. The molecule has 2 amide bonds. The Kier molecular flexibility index (Phi) is 3.98. The second kappa shape index (κ2) is 5.69. The molecule has 0 aliphatic rings. The van der Waals surface area contributed by atoms with Crippen molar-refractivity contribution in [3.05, 3.63) is 59.2 Å². The molecule has 2 rings (SSSR count). The molecule has 2 N–H and O–H groups in total. The lowest BCUT2D eigenvalue weighted by atomic mass is 10.1. The fourth-order valence-electron chi connectivity index (χ4n) is 1.74. The lowest BCUT2D eigenvalue weighted by Crippen LogP contribution is -2.20. The van der Waals surface area contributed by atoms with Crippen LogP contribution >= 0.6 is 0 Å². The van der Waals surface area contributed by atoms with Gasteiger partial charge in [0.25, 0.3) is 0 Å². The summed E-state index contributed by atoms with van der Waals surface area (Å²) in [5.41, 5.74) is 2.46. The van der Waals surface area contributed by atoms with Crippen molar-refractivity contribution in [2.45, 2.75) is 13.8 Å². The molecule has 0 aromatic heterocycles. The van der Waals surface area contributed by atoms with Crippen LogP contribution in [0.1, 0.15) is 11.1 Å². The highest BCUT2D eigenvalue weighted by molar-refractivity contribution is 6.00. The van der Waals surface area contributed by atoms with E-state index in [1.165, 1.54) is 6.07 Å². The van der Waals surface area contributed by atoms with E-state index in [0.29, 0.717) is 11.8 Å². The number of halogens is 2. The molecule has 0 bridgehead atoms. The minimum Gasteiger partial charge on any atom is -0.307 e. The van der Waals surface area contributed by atoms with Crippen LogP contribution in [-0.2, 0) is 0 Å². The third-order valence-corrected chi connectivity index (χ3v) is 2.82. The number of urea groups is 1. The normalized spacial score (nSPS) is 10.2. The molecule has 0 heterocycles. The number of nitrogens with one attached hydrogen (secondary N) is 2. The van der Waals surface area contributed by atoms with E-state index in [4.69, 9.17) is 0 Å². The Morgan fingerprint density at radius 1 is 0.950 bits per heavy atom. The van der Waals surface area contributed by atoms with Crippen molar-refractivity contribution in [3.8, 4) is 0 Å². The minimum absolute atomic E-state index is 0.0748. The molecule has 0 saturated heterocycles. The highest BCUT2D eigenvalue weighted by atomic mass is 19.1. The van der Waals surface area contributed by atoms with Crippen LogP contribution in [-0.4, -0.2) is 6.03 Å². The lowest BCUT2D eigenvalue weighted by molar-refractivity contribution is 0.262. The van der Waals surface area contributed by atoms with Crippen molar-refractivity contribution in [2.24, 2.45) is 0 Å². The van der Waals surface area contributed by atoms with Gasteiger partial charge in [-0.1, -0.05) is 12.1 Å². The Labute approximate surface area is 115 Å². The van der Waals surface area contributed by atoms with E-state index < -0.39 is 17.7 Å². The van der Waals surface area contributed by atoms with E-state index in [0.717, 1.165) is 17.2 Å². The zero-order chi connectivity index (χ0) is 14.7. The first-order chi connectivity index (χ1) is 9.45. The Morgan fingerprint density at radius 2 is 1.65 bits per heavy atom. The average Bonchev–Trinajstić information content (AvgIpc) is 2.37. The van der Waals surface area contributed by atoms with Crippen LogP contribution in [0.2, 0.25) is 0 Å². The molecule has 0 atom stereocenters. The van der Waals surface area contributed by atoms with E-state index >= 15 is 0 Å². The molecule has 2 aromatic rings. The molecule has 104 valence electrons. The van der Waals surface area contributed by atoms with Gasteiger partial charge in [0.1, 0.15) is 11.6 Å². The van der Waals surface area contributed by atoms with Crippen molar-refractivity contribution in [2.75, 3.05) is 10.6 Å². The zero-order valence-corrected chi connectivity index (χ0v) is 11.1. The second-order valence-electron chi connectivity index (χ2n) is 4.52. The van der Waals surface area contributed by atoms with Crippen molar-refractivity contribution in [1.82, 2.24) is 0 Å². The van der Waals surface area contributed by atoms with E-state index in [2.05, 4.69) is 10.6 Å². The first-order valence-electron chi connectivity index (χ1n) is 6.06. The number of aryl methyl sites for hydroxylation is 2. The molecule has 0 unspecified atom stereocenters. The summed E-state index contributed by atoms with van der Waals surface area (Å²) in [6.07, 6.45) is 0. The number of hydrogen-bond donors (Lipinski definition) is 2. The van der Waals surface area contributed by atoms with Crippen LogP contribution in [0.5, 0.6) is 0 Å². The molecule has 0 aliphatic carbocycles. The number of benzene rings is 2. The molecule has 20 heavy (non-hydrogen) atoms. The summed E-state index contributed by atoms with van der Waals surface area (Å²) < 4.78 is 26.2. The van der Waals surface area contributed by atoms with Gasteiger partial charge in [0.2, 0.25) is 0 Å². The van der Waals surface area contributed by atoms with E-state index in [1.807, 2.05) is 32.0 Å². The Morgan fingerprint density at radius 3 is 2.35 bits per heavy atom. The summed E-state index contributed by atoms with van der Waals surface area (Å²) in [6.45, 7) is 3.76. The average molecular weight is 276 g/mol. The van der Waals surface area contributed by atoms with Gasteiger partial charge < -0.3 is 10.6 Å². The number of carbonyl (C=O) groups excluding carboxylic acids is 1. The minimum atomic E-state index is -0.818. The summed E-state index contributed by atoms with van der Waals surface area (Å²) >= 11 is 0. The standard InChI is InChI=1S/C15H14F2N2O/c1-9-3-4-10(2)14(7-9)19-15(20)18-13-6-5-11(16)8-12(13)17/h3-8H,1-2H3,(H2,18,19,20). The molecule has 0 spiro atoms. The van der Waals surface area contributed by atoms with Crippen LogP contribution in [0.4, 0.5) is 25.0 Å². The molecule has 2 aromatic carbocycles. The lowest BCUT2D eigenvalue weighted by Gasteiger charge is -2.11. The van der Waals surface area contributed by atoms with Crippen LogP contribution in [0.15, 0.2) is 36.4 Å². The topological polar surface area (TPSA) is 41.1 Å². The number of anilines is 2. The highest BCUT2D eigenvalue weighted by Crippen LogP contribution is 2.18. The van der Waals surface area contributed by atoms with Crippen molar-refractivity contribution in [1.29, 1.82) is 0 Å². The van der Waals surface area contributed by atoms with Crippen LogP contribution in [0.3, 0.4) is 0 Å². The SMILES string of the molecule is Cc1ccc(C)c(NC(=O)Nc2ccc(F)cc2F)c1. The van der Waals surface area contributed by atoms with Crippen molar-refractivity contribution in [3.63, 3.8) is 0 Å². The van der Waals surface area contributed by atoms with Gasteiger partial charge in [-0.3, -0.25) is 0 Å². The number of hydrogen-bond acceptors (Lipinski definition) is 1. The summed E-state index contributed by atoms with van der Waals surface area (Å²) in [6, 6.07) is 8.01. The molecular weight excluding hydrogens is 262 g/mol. The van der Waals surface area contributed by atoms with Gasteiger partial charge in [-0.05, 0) is 43.2 Å². The number of carbonyl (C=O) groups is 1. The maximum Gasteiger partial charge on any atom is 0.323 e. The van der Waals surface area contributed by atoms with Gasteiger partial charge in [0.05, 0.1) is 5.69 Å². The molecule has 0 fully saturated rings. The van der Waals surface area contributed by atoms with E-state index in [9.17, 15) is 13.6 Å². The van der Waals surface area contributed by atoms with Gasteiger partial charge in [-0.25, -0.2) is 13.6 Å². The Hall–Kier alpha value is -2.43. The predicted molar refractivity (Wildman–Crippen MR) is 74.9 cm³/mol. The highest BCUT2D eigenvalue weighted by Gasteiger charge is 2.09. The maximum absolute atomic E-state index is 13.4. The number of rotatable bonds is 2. The summed E-state index contributed by atoms with van der Waals surface area (Å²) in [5.74, 6) is -1.51. The van der Waals surface area contributed by atoms with Crippen molar-refractivity contribution >= 4 is 17.4 Å². The van der Waals surface area contributed by atoms with Gasteiger partial charge in [0.15, 0.2) is 0 Å². The van der Waals surface area contributed by atoms with Crippen molar-refractivity contribution < 1.29 is 13.6 Å². The number of amides is 2. The smallest absolute Gasteiger partial charge is 0.307 e. The predicted octanol–water partition coefficient (Wildman–Crippen LogP) is 4.23. The molecular formula is C15H14F2N2O. The third-order valence-electron chi connectivity index (χ3n) is 2.82. The second-order valence-corrected chi connectivity index (χ2v) is 4.52. The van der Waals surface area contributed by atoms with Gasteiger partial charge >= 0.3 is 6.03 Å². The van der Waals surface area contributed by atoms with Crippen LogP contribution in [0.25, 0.3) is 0 Å². The summed E-state index contributed by atoms with van der Waals surface area (Å²) in [4.78, 5) is 11.8. The molecule has 0 saturated carbocycles. The largest absolute Gasteiger partial charge is 0.323 e. The monoisotopic (exact) mass is 276 g/mol. The van der Waals surface area contributed by atoms with Crippen LogP contribution < -0.4 is 10.6 Å².